The lowest BCUT2D eigenvalue weighted by Gasteiger charge is -2.16. The number of ether oxygens (including phenoxy) is 1. The van der Waals surface area contributed by atoms with Crippen molar-refractivity contribution in [1.29, 1.82) is 0 Å². The predicted molar refractivity (Wildman–Crippen MR) is 74.5 cm³/mol. The highest BCUT2D eigenvalue weighted by atomic mass is 16.5. The number of hydrogen-bond acceptors (Lipinski definition) is 4. The van der Waals surface area contributed by atoms with E-state index in [9.17, 15) is 9.90 Å². The second-order valence-electron chi connectivity index (χ2n) is 4.60. The number of hydrogen-bond donors (Lipinski definition) is 3. The summed E-state index contributed by atoms with van der Waals surface area (Å²) in [6.07, 6.45) is -0.611. The highest BCUT2D eigenvalue weighted by molar-refractivity contribution is 5.96. The van der Waals surface area contributed by atoms with E-state index in [1.54, 1.807) is 31.3 Å². The van der Waals surface area contributed by atoms with Crippen molar-refractivity contribution in [2.45, 2.75) is 26.0 Å². The van der Waals surface area contributed by atoms with E-state index in [4.69, 9.17) is 4.74 Å². The number of para-hydroxylation sites is 1. The van der Waals surface area contributed by atoms with Gasteiger partial charge in [-0.3, -0.25) is 4.79 Å². The van der Waals surface area contributed by atoms with Crippen LogP contribution in [0.1, 0.15) is 24.2 Å². The second kappa shape index (κ2) is 7.76. The van der Waals surface area contributed by atoms with Crippen LogP contribution in [0.2, 0.25) is 0 Å². The minimum Gasteiger partial charge on any atom is -0.490 e. The molecule has 3 N–H and O–H groups in total. The molecular formula is C14H22N2O3. The third-order valence-electron chi connectivity index (χ3n) is 2.55. The quantitative estimate of drug-likeness (QED) is 0.682. The fourth-order valence-corrected chi connectivity index (χ4v) is 1.53. The van der Waals surface area contributed by atoms with Crippen molar-refractivity contribution in [2.24, 2.45) is 0 Å². The summed E-state index contributed by atoms with van der Waals surface area (Å²) in [7, 11) is 1.57. The summed E-state index contributed by atoms with van der Waals surface area (Å²) in [6.45, 7) is 4.62. The molecule has 1 rings (SSSR count). The lowest BCUT2D eigenvalue weighted by atomic mass is 10.2. The second-order valence-corrected chi connectivity index (χ2v) is 4.60. The average molecular weight is 266 g/mol. The van der Waals surface area contributed by atoms with E-state index in [2.05, 4.69) is 10.6 Å². The Kier molecular flexibility index (Phi) is 6.32. The first-order valence-corrected chi connectivity index (χ1v) is 6.40. The van der Waals surface area contributed by atoms with E-state index >= 15 is 0 Å². The summed E-state index contributed by atoms with van der Waals surface area (Å²) in [5.74, 6) is 0.274. The monoisotopic (exact) mass is 266 g/mol. The van der Waals surface area contributed by atoms with Crippen molar-refractivity contribution >= 4 is 5.91 Å². The van der Waals surface area contributed by atoms with Gasteiger partial charge in [-0.25, -0.2) is 0 Å². The van der Waals surface area contributed by atoms with Crippen LogP contribution in [0.25, 0.3) is 0 Å². The molecule has 0 bridgehead atoms. The van der Waals surface area contributed by atoms with Gasteiger partial charge in [-0.2, -0.15) is 0 Å². The molecule has 1 unspecified atom stereocenters. The Balaban J connectivity index is 2.55. The molecular weight excluding hydrogens is 244 g/mol. The Morgan fingerprint density at radius 2 is 2.05 bits per heavy atom. The molecule has 1 aromatic carbocycles. The van der Waals surface area contributed by atoms with Crippen molar-refractivity contribution in [2.75, 3.05) is 20.2 Å². The van der Waals surface area contributed by atoms with Gasteiger partial charge < -0.3 is 20.5 Å². The van der Waals surface area contributed by atoms with Crippen LogP contribution in [0.3, 0.4) is 0 Å². The van der Waals surface area contributed by atoms with Crippen molar-refractivity contribution in [1.82, 2.24) is 10.6 Å². The number of nitrogens with one attached hydrogen (secondary N) is 2. The Hall–Kier alpha value is -1.59. The molecule has 19 heavy (non-hydrogen) atoms. The molecule has 1 atom stereocenters. The van der Waals surface area contributed by atoms with Crippen LogP contribution in [0.4, 0.5) is 0 Å². The van der Waals surface area contributed by atoms with Crippen molar-refractivity contribution in [3.63, 3.8) is 0 Å². The van der Waals surface area contributed by atoms with Crippen molar-refractivity contribution in [3.8, 4) is 5.75 Å². The average Bonchev–Trinajstić information content (AvgIpc) is 2.42. The first-order valence-electron chi connectivity index (χ1n) is 6.40. The zero-order valence-corrected chi connectivity index (χ0v) is 11.6. The molecule has 0 aromatic heterocycles. The van der Waals surface area contributed by atoms with Gasteiger partial charge in [-0.1, -0.05) is 26.0 Å². The number of amides is 1. The van der Waals surface area contributed by atoms with Gasteiger partial charge in [-0.15, -0.1) is 0 Å². The zero-order valence-electron chi connectivity index (χ0n) is 11.6. The number of aliphatic hydroxyl groups excluding tert-OH is 1. The van der Waals surface area contributed by atoms with Gasteiger partial charge >= 0.3 is 0 Å². The summed E-state index contributed by atoms with van der Waals surface area (Å²) >= 11 is 0. The normalized spacial score (nSPS) is 12.3. The van der Waals surface area contributed by atoms with Crippen molar-refractivity contribution in [3.05, 3.63) is 29.8 Å². The molecule has 1 aromatic rings. The number of carbonyl (C=O) groups is 1. The van der Waals surface area contributed by atoms with E-state index < -0.39 is 6.10 Å². The molecule has 0 aliphatic carbocycles. The molecule has 0 heterocycles. The summed E-state index contributed by atoms with van der Waals surface area (Å²) in [4.78, 5) is 11.6. The smallest absolute Gasteiger partial charge is 0.254 e. The van der Waals surface area contributed by atoms with Gasteiger partial charge in [-0.05, 0) is 12.1 Å². The SMILES string of the molecule is CNC(=O)c1ccccc1OCC(O)CNC(C)C. The molecule has 1 amide bonds. The molecule has 106 valence electrons. The summed E-state index contributed by atoms with van der Waals surface area (Å²) in [5, 5.41) is 15.4. The molecule has 0 saturated carbocycles. The van der Waals surface area contributed by atoms with E-state index in [-0.39, 0.29) is 12.5 Å². The van der Waals surface area contributed by atoms with Crippen LogP contribution in [-0.2, 0) is 0 Å². The van der Waals surface area contributed by atoms with Gasteiger partial charge in [0.25, 0.3) is 5.91 Å². The lowest BCUT2D eigenvalue weighted by Crippen LogP contribution is -2.35. The molecule has 0 saturated heterocycles. The summed E-state index contributed by atoms with van der Waals surface area (Å²) in [5.41, 5.74) is 0.467. The van der Waals surface area contributed by atoms with E-state index in [1.807, 2.05) is 13.8 Å². The summed E-state index contributed by atoms with van der Waals surface area (Å²) < 4.78 is 5.50. The number of aliphatic hydroxyl groups is 1. The van der Waals surface area contributed by atoms with Gasteiger partial charge in [0.05, 0.1) is 5.56 Å². The first kappa shape index (κ1) is 15.5. The maximum atomic E-state index is 11.6. The van der Waals surface area contributed by atoms with Crippen LogP contribution in [-0.4, -0.2) is 43.4 Å². The van der Waals surface area contributed by atoms with E-state index in [0.717, 1.165) is 0 Å². The largest absolute Gasteiger partial charge is 0.490 e. The highest BCUT2D eigenvalue weighted by Gasteiger charge is 2.12. The Bertz CT molecular complexity index is 407. The minimum absolute atomic E-state index is 0.147. The molecule has 0 aliphatic heterocycles. The van der Waals surface area contributed by atoms with E-state index in [1.165, 1.54) is 0 Å². The van der Waals surface area contributed by atoms with Crippen LogP contribution in [0.5, 0.6) is 5.75 Å². The summed E-state index contributed by atoms with van der Waals surface area (Å²) in [6, 6.07) is 7.28. The van der Waals surface area contributed by atoms with Crippen LogP contribution in [0, 0.1) is 0 Å². The Labute approximate surface area is 114 Å². The van der Waals surface area contributed by atoms with Gasteiger partial charge in [0.2, 0.25) is 0 Å². The molecule has 0 spiro atoms. The maximum Gasteiger partial charge on any atom is 0.254 e. The number of carbonyl (C=O) groups excluding carboxylic acids is 1. The van der Waals surface area contributed by atoms with Crippen LogP contribution >= 0.6 is 0 Å². The standard InChI is InChI=1S/C14H22N2O3/c1-10(2)16-8-11(17)9-19-13-7-5-4-6-12(13)14(18)15-3/h4-7,10-11,16-17H,8-9H2,1-3H3,(H,15,18). The Morgan fingerprint density at radius 3 is 2.68 bits per heavy atom. The minimum atomic E-state index is -0.611. The molecule has 0 aliphatic rings. The number of rotatable bonds is 7. The highest BCUT2D eigenvalue weighted by Crippen LogP contribution is 2.17. The van der Waals surface area contributed by atoms with Crippen molar-refractivity contribution < 1.29 is 14.6 Å². The van der Waals surface area contributed by atoms with Crippen LogP contribution in [0.15, 0.2) is 24.3 Å². The van der Waals surface area contributed by atoms with Gasteiger partial charge in [0.1, 0.15) is 18.5 Å². The zero-order chi connectivity index (χ0) is 14.3. The molecule has 0 radical (unpaired) electrons. The lowest BCUT2D eigenvalue weighted by molar-refractivity contribution is 0.0931. The topological polar surface area (TPSA) is 70.6 Å². The fraction of sp³-hybridized carbons (Fsp3) is 0.500. The van der Waals surface area contributed by atoms with Crippen LogP contribution < -0.4 is 15.4 Å². The van der Waals surface area contributed by atoms with Gasteiger partial charge in [0.15, 0.2) is 0 Å². The molecule has 5 nitrogen and oxygen atoms in total. The fourth-order valence-electron chi connectivity index (χ4n) is 1.53. The molecule has 5 heteroatoms. The Morgan fingerprint density at radius 1 is 1.37 bits per heavy atom. The third-order valence-corrected chi connectivity index (χ3v) is 2.55. The molecule has 0 fully saturated rings. The number of benzene rings is 1. The first-order chi connectivity index (χ1) is 9.04. The van der Waals surface area contributed by atoms with E-state index in [0.29, 0.717) is 23.9 Å². The van der Waals surface area contributed by atoms with Gasteiger partial charge in [0, 0.05) is 19.6 Å². The third kappa shape index (κ3) is 5.28. The predicted octanol–water partition coefficient (Wildman–Crippen LogP) is 0.784. The maximum absolute atomic E-state index is 11.6.